The minimum absolute atomic E-state index is 0.300. The average molecular weight is 305 g/mol. The third kappa shape index (κ3) is 3.27. The number of thioether (sulfide) groups is 1. The fourth-order valence-corrected chi connectivity index (χ4v) is 4.17. The number of aryl methyl sites for hydroxylation is 2. The Balaban J connectivity index is 1.76. The van der Waals surface area contributed by atoms with Gasteiger partial charge >= 0.3 is 5.97 Å². The van der Waals surface area contributed by atoms with Crippen LogP contribution in [0.2, 0.25) is 0 Å². The molecule has 0 heterocycles. The average Bonchev–Trinajstić information content (AvgIpc) is 3.28. The van der Waals surface area contributed by atoms with E-state index in [9.17, 15) is 9.90 Å². The molecule has 2 saturated carbocycles. The lowest BCUT2D eigenvalue weighted by Gasteiger charge is -2.31. The largest absolute Gasteiger partial charge is 0.480 e. The van der Waals surface area contributed by atoms with E-state index in [2.05, 4.69) is 37.4 Å². The third-order valence-electron chi connectivity index (χ3n) is 4.48. The summed E-state index contributed by atoms with van der Waals surface area (Å²) in [7, 11) is 0. The number of carboxylic acid groups (broad SMARTS) is 1. The summed E-state index contributed by atoms with van der Waals surface area (Å²) in [4.78, 5) is 13.1. The van der Waals surface area contributed by atoms with Crippen molar-refractivity contribution in [3.8, 4) is 0 Å². The third-order valence-corrected chi connectivity index (χ3v) is 5.85. The standard InChI is InChI=1S/C17H23NO2S/c1-11-3-8-15(12(2)9-11)21-10-17(16(19)20,13-4-5-13)18-14-6-7-14/h3,8-9,13-14,18H,4-7,10H2,1-2H3,(H,19,20). The number of carboxylic acids is 1. The molecule has 1 aromatic carbocycles. The van der Waals surface area contributed by atoms with Gasteiger partial charge in [-0.25, -0.2) is 0 Å². The minimum atomic E-state index is -0.733. The van der Waals surface area contributed by atoms with Crippen LogP contribution in [0.4, 0.5) is 0 Å². The minimum Gasteiger partial charge on any atom is -0.480 e. The van der Waals surface area contributed by atoms with Crippen molar-refractivity contribution in [3.63, 3.8) is 0 Å². The lowest BCUT2D eigenvalue weighted by Crippen LogP contribution is -2.57. The number of rotatable bonds is 7. The van der Waals surface area contributed by atoms with E-state index in [1.165, 1.54) is 16.0 Å². The summed E-state index contributed by atoms with van der Waals surface area (Å²) in [6, 6.07) is 6.80. The molecule has 2 N–H and O–H groups in total. The van der Waals surface area contributed by atoms with Gasteiger partial charge in [-0.3, -0.25) is 10.1 Å². The number of carbonyl (C=O) groups is 1. The summed E-state index contributed by atoms with van der Waals surface area (Å²) in [5.41, 5.74) is 1.75. The first-order chi connectivity index (χ1) is 10.0. The molecule has 1 atom stereocenters. The molecule has 2 aliphatic carbocycles. The summed E-state index contributed by atoms with van der Waals surface area (Å²) < 4.78 is 0. The van der Waals surface area contributed by atoms with Gasteiger partial charge in [0, 0.05) is 16.7 Å². The summed E-state index contributed by atoms with van der Waals surface area (Å²) in [5.74, 6) is 0.246. The quantitative estimate of drug-likeness (QED) is 0.758. The molecule has 1 unspecified atom stereocenters. The van der Waals surface area contributed by atoms with Gasteiger partial charge in [0.25, 0.3) is 0 Å². The van der Waals surface area contributed by atoms with Crippen molar-refractivity contribution < 1.29 is 9.90 Å². The Morgan fingerprint density at radius 1 is 1.33 bits per heavy atom. The molecule has 0 saturated heterocycles. The van der Waals surface area contributed by atoms with E-state index in [1.807, 2.05) is 0 Å². The molecule has 3 rings (SSSR count). The van der Waals surface area contributed by atoms with Crippen molar-refractivity contribution in [1.29, 1.82) is 0 Å². The Morgan fingerprint density at radius 2 is 2.05 bits per heavy atom. The Hall–Kier alpha value is -1.00. The first kappa shape index (κ1) is 14.9. The summed E-state index contributed by atoms with van der Waals surface area (Å²) >= 11 is 1.69. The zero-order valence-electron chi connectivity index (χ0n) is 12.7. The van der Waals surface area contributed by atoms with E-state index in [4.69, 9.17) is 0 Å². The monoisotopic (exact) mass is 305 g/mol. The Morgan fingerprint density at radius 3 is 2.57 bits per heavy atom. The van der Waals surface area contributed by atoms with Gasteiger partial charge in [-0.15, -0.1) is 11.8 Å². The first-order valence-electron chi connectivity index (χ1n) is 7.72. The Kier molecular flexibility index (Phi) is 4.02. The molecule has 0 radical (unpaired) electrons. The highest BCUT2D eigenvalue weighted by atomic mass is 32.2. The highest BCUT2D eigenvalue weighted by Gasteiger charge is 2.53. The molecule has 0 bridgehead atoms. The smallest absolute Gasteiger partial charge is 0.325 e. The lowest BCUT2D eigenvalue weighted by atomic mass is 9.95. The van der Waals surface area contributed by atoms with Crippen molar-refractivity contribution in [2.24, 2.45) is 5.92 Å². The van der Waals surface area contributed by atoms with Crippen molar-refractivity contribution in [3.05, 3.63) is 29.3 Å². The van der Waals surface area contributed by atoms with Gasteiger partial charge in [0.1, 0.15) is 5.54 Å². The Labute approximate surface area is 130 Å². The molecular weight excluding hydrogens is 282 g/mol. The Bertz CT molecular complexity index is 552. The van der Waals surface area contributed by atoms with E-state index in [0.717, 1.165) is 25.7 Å². The fraction of sp³-hybridized carbons (Fsp3) is 0.588. The van der Waals surface area contributed by atoms with Crippen LogP contribution >= 0.6 is 11.8 Å². The van der Waals surface area contributed by atoms with Gasteiger partial charge in [-0.2, -0.15) is 0 Å². The molecule has 0 spiro atoms. The number of hydrogen-bond donors (Lipinski definition) is 2. The van der Waals surface area contributed by atoms with Gasteiger partial charge in [-0.1, -0.05) is 17.7 Å². The molecule has 0 aromatic heterocycles. The maximum Gasteiger partial charge on any atom is 0.325 e. The topological polar surface area (TPSA) is 49.3 Å². The van der Waals surface area contributed by atoms with Gasteiger partial charge in [0.2, 0.25) is 0 Å². The van der Waals surface area contributed by atoms with Crippen LogP contribution in [0.1, 0.15) is 36.8 Å². The van der Waals surface area contributed by atoms with E-state index < -0.39 is 11.5 Å². The number of benzene rings is 1. The second-order valence-electron chi connectivity index (χ2n) is 6.53. The molecule has 2 fully saturated rings. The molecule has 0 amide bonds. The zero-order chi connectivity index (χ0) is 15.0. The van der Waals surface area contributed by atoms with Crippen LogP contribution in [0.25, 0.3) is 0 Å². The predicted octanol–water partition coefficient (Wildman–Crippen LogP) is 3.38. The van der Waals surface area contributed by atoms with E-state index in [-0.39, 0.29) is 0 Å². The van der Waals surface area contributed by atoms with Crippen LogP contribution in [-0.2, 0) is 4.79 Å². The van der Waals surface area contributed by atoms with Crippen LogP contribution in [0.3, 0.4) is 0 Å². The SMILES string of the molecule is Cc1ccc(SCC(NC2CC2)(C(=O)O)C2CC2)c(C)c1. The maximum atomic E-state index is 12.0. The normalized spacial score (nSPS) is 21.0. The van der Waals surface area contributed by atoms with Crippen molar-refractivity contribution in [2.75, 3.05) is 5.75 Å². The lowest BCUT2D eigenvalue weighted by molar-refractivity contribution is -0.145. The molecule has 3 nitrogen and oxygen atoms in total. The van der Waals surface area contributed by atoms with Crippen LogP contribution in [0.15, 0.2) is 23.1 Å². The van der Waals surface area contributed by atoms with Gasteiger partial charge in [0.15, 0.2) is 0 Å². The summed E-state index contributed by atoms with van der Waals surface area (Å²) in [6.07, 6.45) is 4.32. The number of aliphatic carboxylic acids is 1. The predicted molar refractivity (Wildman–Crippen MR) is 85.9 cm³/mol. The summed E-state index contributed by atoms with van der Waals surface area (Å²) in [6.45, 7) is 4.19. The second kappa shape index (κ2) is 5.65. The summed E-state index contributed by atoms with van der Waals surface area (Å²) in [5, 5.41) is 13.3. The van der Waals surface area contributed by atoms with E-state index in [0.29, 0.717) is 17.7 Å². The van der Waals surface area contributed by atoms with Crippen molar-refractivity contribution in [1.82, 2.24) is 5.32 Å². The molecule has 4 heteroatoms. The van der Waals surface area contributed by atoms with Crippen LogP contribution in [-0.4, -0.2) is 28.4 Å². The van der Waals surface area contributed by atoms with Gasteiger partial charge in [-0.05, 0) is 57.1 Å². The zero-order valence-corrected chi connectivity index (χ0v) is 13.5. The van der Waals surface area contributed by atoms with E-state index >= 15 is 0 Å². The first-order valence-corrected chi connectivity index (χ1v) is 8.71. The highest BCUT2D eigenvalue weighted by molar-refractivity contribution is 7.99. The van der Waals surface area contributed by atoms with Crippen LogP contribution in [0, 0.1) is 19.8 Å². The molecular formula is C17H23NO2S. The number of hydrogen-bond acceptors (Lipinski definition) is 3. The molecule has 2 aliphatic rings. The fourth-order valence-electron chi connectivity index (χ4n) is 2.90. The van der Waals surface area contributed by atoms with E-state index in [1.54, 1.807) is 11.8 Å². The van der Waals surface area contributed by atoms with Crippen LogP contribution < -0.4 is 5.32 Å². The van der Waals surface area contributed by atoms with Crippen LogP contribution in [0.5, 0.6) is 0 Å². The van der Waals surface area contributed by atoms with Gasteiger partial charge in [0.05, 0.1) is 0 Å². The van der Waals surface area contributed by atoms with Crippen molar-refractivity contribution >= 4 is 17.7 Å². The van der Waals surface area contributed by atoms with Gasteiger partial charge < -0.3 is 5.11 Å². The molecule has 1 aromatic rings. The molecule has 21 heavy (non-hydrogen) atoms. The molecule has 114 valence electrons. The van der Waals surface area contributed by atoms with Crippen molar-refractivity contribution in [2.45, 2.75) is 56.0 Å². The molecule has 0 aliphatic heterocycles. The maximum absolute atomic E-state index is 12.0. The number of nitrogens with one attached hydrogen (secondary N) is 1. The second-order valence-corrected chi connectivity index (χ2v) is 7.54. The highest BCUT2D eigenvalue weighted by Crippen LogP contribution is 2.44.